The lowest BCUT2D eigenvalue weighted by molar-refractivity contribution is -0.136. The first-order valence-corrected chi connectivity index (χ1v) is 7.38. The summed E-state index contributed by atoms with van der Waals surface area (Å²) < 4.78 is 4.78. The Kier molecular flexibility index (Phi) is 4.92. The van der Waals surface area contributed by atoms with Crippen LogP contribution in [-0.4, -0.2) is 38.0 Å². The van der Waals surface area contributed by atoms with Gasteiger partial charge in [0, 0.05) is 18.5 Å². The fourth-order valence-corrected chi connectivity index (χ4v) is 3.55. The van der Waals surface area contributed by atoms with Crippen molar-refractivity contribution in [3.05, 3.63) is 16.0 Å². The van der Waals surface area contributed by atoms with Gasteiger partial charge in [0.15, 0.2) is 0 Å². The first kappa shape index (κ1) is 15.5. The average molecular weight is 311 g/mol. The van der Waals surface area contributed by atoms with E-state index in [-0.39, 0.29) is 6.54 Å². The van der Waals surface area contributed by atoms with Crippen LogP contribution >= 0.6 is 11.3 Å². The fourth-order valence-electron chi connectivity index (χ4n) is 2.26. The molecule has 1 aromatic heterocycles. The summed E-state index contributed by atoms with van der Waals surface area (Å²) in [5, 5.41) is 5.25. The molecule has 0 aliphatic heterocycles. The number of amides is 3. The van der Waals surface area contributed by atoms with E-state index < -0.39 is 17.7 Å². The van der Waals surface area contributed by atoms with Crippen molar-refractivity contribution in [3.63, 3.8) is 0 Å². The second-order valence-electron chi connectivity index (χ2n) is 4.63. The van der Waals surface area contributed by atoms with E-state index in [4.69, 9.17) is 10.5 Å². The van der Waals surface area contributed by atoms with Gasteiger partial charge in [-0.15, -0.1) is 11.3 Å². The molecule has 1 heterocycles. The number of primary amides is 1. The minimum atomic E-state index is -0.812. The number of fused-ring (bicyclic) bond motifs is 1. The quantitative estimate of drug-likeness (QED) is 0.526. The van der Waals surface area contributed by atoms with E-state index >= 15 is 0 Å². The Labute approximate surface area is 125 Å². The molecule has 0 aromatic carbocycles. The Morgan fingerprint density at radius 3 is 2.71 bits per heavy atom. The zero-order chi connectivity index (χ0) is 15.4. The van der Waals surface area contributed by atoms with E-state index in [2.05, 4.69) is 10.6 Å². The number of aryl methyl sites for hydroxylation is 1. The topological polar surface area (TPSA) is 111 Å². The van der Waals surface area contributed by atoms with Gasteiger partial charge in [-0.3, -0.25) is 14.4 Å². The number of nitrogens with two attached hydrogens (primary N) is 1. The van der Waals surface area contributed by atoms with Crippen LogP contribution in [0.4, 0.5) is 5.00 Å². The number of carbonyl (C=O) groups is 3. The second kappa shape index (κ2) is 6.68. The molecule has 0 saturated heterocycles. The van der Waals surface area contributed by atoms with Gasteiger partial charge in [-0.05, 0) is 24.8 Å². The SMILES string of the molecule is COCCNC(=O)C(=O)Nc1sc2c(c1C(N)=O)CCC2. The van der Waals surface area contributed by atoms with Crippen molar-refractivity contribution < 1.29 is 19.1 Å². The summed E-state index contributed by atoms with van der Waals surface area (Å²) in [7, 11) is 1.50. The molecule has 8 heteroatoms. The van der Waals surface area contributed by atoms with E-state index in [1.54, 1.807) is 0 Å². The predicted molar refractivity (Wildman–Crippen MR) is 78.4 cm³/mol. The molecule has 7 nitrogen and oxygen atoms in total. The molecular weight excluding hydrogens is 294 g/mol. The molecule has 0 radical (unpaired) electrons. The Morgan fingerprint density at radius 1 is 1.29 bits per heavy atom. The van der Waals surface area contributed by atoms with E-state index in [0.29, 0.717) is 17.2 Å². The largest absolute Gasteiger partial charge is 0.383 e. The maximum absolute atomic E-state index is 11.8. The fraction of sp³-hybridized carbons (Fsp3) is 0.462. The molecule has 0 fully saturated rings. The summed E-state index contributed by atoms with van der Waals surface area (Å²) in [6.07, 6.45) is 2.63. The molecule has 21 heavy (non-hydrogen) atoms. The van der Waals surface area contributed by atoms with Crippen molar-refractivity contribution in [1.29, 1.82) is 0 Å². The second-order valence-corrected chi connectivity index (χ2v) is 5.73. The van der Waals surface area contributed by atoms with Crippen molar-refractivity contribution in [2.45, 2.75) is 19.3 Å². The maximum atomic E-state index is 11.8. The van der Waals surface area contributed by atoms with Gasteiger partial charge in [0.1, 0.15) is 5.00 Å². The molecule has 1 aromatic rings. The number of carbonyl (C=O) groups excluding carboxylic acids is 3. The molecule has 0 unspecified atom stereocenters. The van der Waals surface area contributed by atoms with Crippen LogP contribution in [0.2, 0.25) is 0 Å². The van der Waals surface area contributed by atoms with Crippen LogP contribution < -0.4 is 16.4 Å². The third kappa shape index (κ3) is 3.40. The number of methoxy groups -OCH3 is 1. The van der Waals surface area contributed by atoms with Gasteiger partial charge < -0.3 is 21.1 Å². The van der Waals surface area contributed by atoms with Crippen LogP contribution in [0.3, 0.4) is 0 Å². The number of hydrogen-bond acceptors (Lipinski definition) is 5. The lowest BCUT2D eigenvalue weighted by Gasteiger charge is -2.06. The number of rotatable bonds is 5. The van der Waals surface area contributed by atoms with E-state index in [1.165, 1.54) is 18.4 Å². The van der Waals surface area contributed by atoms with E-state index in [1.807, 2.05) is 0 Å². The van der Waals surface area contributed by atoms with Gasteiger partial charge in [0.2, 0.25) is 0 Å². The maximum Gasteiger partial charge on any atom is 0.314 e. The highest BCUT2D eigenvalue weighted by atomic mass is 32.1. The van der Waals surface area contributed by atoms with Crippen molar-refractivity contribution in [3.8, 4) is 0 Å². The van der Waals surface area contributed by atoms with Crippen molar-refractivity contribution in [2.75, 3.05) is 25.6 Å². The van der Waals surface area contributed by atoms with Crippen LogP contribution in [0.15, 0.2) is 0 Å². The normalized spacial score (nSPS) is 12.8. The van der Waals surface area contributed by atoms with Gasteiger partial charge in [0.25, 0.3) is 5.91 Å². The monoisotopic (exact) mass is 311 g/mol. The highest BCUT2D eigenvalue weighted by Crippen LogP contribution is 2.38. The first-order valence-electron chi connectivity index (χ1n) is 6.57. The molecule has 1 aliphatic carbocycles. The molecular formula is C13H17N3O4S. The van der Waals surface area contributed by atoms with Crippen molar-refractivity contribution in [1.82, 2.24) is 5.32 Å². The zero-order valence-electron chi connectivity index (χ0n) is 11.7. The van der Waals surface area contributed by atoms with Crippen molar-refractivity contribution >= 4 is 34.1 Å². The van der Waals surface area contributed by atoms with Crippen molar-refractivity contribution in [2.24, 2.45) is 5.73 Å². The summed E-state index contributed by atoms with van der Waals surface area (Å²) in [6, 6.07) is 0. The number of ether oxygens (including phenoxy) is 1. The minimum absolute atomic E-state index is 0.242. The van der Waals surface area contributed by atoms with Gasteiger partial charge in [-0.1, -0.05) is 0 Å². The van der Waals surface area contributed by atoms with Gasteiger partial charge in [-0.25, -0.2) is 0 Å². The predicted octanol–water partition coefficient (Wildman–Crippen LogP) is 0.0368. The molecule has 2 rings (SSSR count). The van der Waals surface area contributed by atoms with E-state index in [9.17, 15) is 14.4 Å². The van der Waals surface area contributed by atoms with Gasteiger partial charge >= 0.3 is 11.8 Å². The third-order valence-corrected chi connectivity index (χ3v) is 4.40. The molecule has 4 N–H and O–H groups in total. The lowest BCUT2D eigenvalue weighted by atomic mass is 10.1. The lowest BCUT2D eigenvalue weighted by Crippen LogP contribution is -2.37. The number of hydrogen-bond donors (Lipinski definition) is 3. The summed E-state index contributed by atoms with van der Waals surface area (Å²) in [6.45, 7) is 0.561. The molecule has 0 atom stereocenters. The molecule has 1 aliphatic rings. The summed E-state index contributed by atoms with van der Waals surface area (Å²) in [4.78, 5) is 36.0. The van der Waals surface area contributed by atoms with Crippen LogP contribution in [0.1, 0.15) is 27.2 Å². The van der Waals surface area contributed by atoms with Crippen LogP contribution in [0.25, 0.3) is 0 Å². The number of thiophene rings is 1. The highest BCUT2D eigenvalue weighted by molar-refractivity contribution is 7.17. The molecule has 114 valence electrons. The Bertz CT molecular complexity index is 582. The van der Waals surface area contributed by atoms with Gasteiger partial charge in [-0.2, -0.15) is 0 Å². The zero-order valence-corrected chi connectivity index (χ0v) is 12.5. The highest BCUT2D eigenvalue weighted by Gasteiger charge is 2.27. The van der Waals surface area contributed by atoms with Crippen LogP contribution in [0.5, 0.6) is 0 Å². The summed E-state index contributed by atoms with van der Waals surface area (Å²) >= 11 is 1.31. The summed E-state index contributed by atoms with van der Waals surface area (Å²) in [5.41, 5.74) is 6.63. The molecule has 0 spiro atoms. The number of nitrogens with one attached hydrogen (secondary N) is 2. The molecule has 3 amide bonds. The Morgan fingerprint density at radius 2 is 2.05 bits per heavy atom. The smallest absolute Gasteiger partial charge is 0.314 e. The van der Waals surface area contributed by atoms with E-state index in [0.717, 1.165) is 29.7 Å². The first-order chi connectivity index (χ1) is 10.0. The minimum Gasteiger partial charge on any atom is -0.383 e. The third-order valence-electron chi connectivity index (χ3n) is 3.19. The van der Waals surface area contributed by atoms with Gasteiger partial charge in [0.05, 0.1) is 12.2 Å². The van der Waals surface area contributed by atoms with Crippen LogP contribution in [0, 0.1) is 0 Å². The number of anilines is 1. The standard InChI is InChI=1S/C13H17N3O4S/c1-20-6-5-15-11(18)12(19)16-13-9(10(14)17)7-3-2-4-8(7)21-13/h2-6H2,1H3,(H2,14,17)(H,15,18)(H,16,19). The average Bonchev–Trinajstić information content (AvgIpc) is 2.98. The molecule has 0 bridgehead atoms. The molecule has 0 saturated carbocycles. The van der Waals surface area contributed by atoms with Crippen LogP contribution in [-0.2, 0) is 27.2 Å². The summed E-state index contributed by atoms with van der Waals surface area (Å²) in [5.74, 6) is -2.16. The Balaban J connectivity index is 2.08. The Hall–Kier alpha value is -1.93.